The molecule has 0 saturated heterocycles. The van der Waals surface area contributed by atoms with E-state index in [1.54, 1.807) is 24.3 Å². The van der Waals surface area contributed by atoms with Gasteiger partial charge in [0.05, 0.1) is 6.07 Å². The zero-order valence-corrected chi connectivity index (χ0v) is 10.2. The molecule has 0 saturated carbocycles. The molecular weight excluding hydrogens is 243 g/mol. The van der Waals surface area contributed by atoms with Gasteiger partial charge < -0.3 is 0 Å². The molecule has 92 valence electrons. The van der Waals surface area contributed by atoms with Crippen LogP contribution in [0.15, 0.2) is 24.3 Å². The molecule has 1 aromatic carbocycles. The summed E-state index contributed by atoms with van der Waals surface area (Å²) < 4.78 is 38.3. The molecule has 0 aliphatic rings. The minimum absolute atomic E-state index is 0.0787. The first-order valence-corrected chi connectivity index (χ1v) is 6.63. The highest BCUT2D eigenvalue weighted by atomic mass is 32.2. The van der Waals surface area contributed by atoms with Crippen molar-refractivity contribution in [3.8, 4) is 6.07 Å². The molecule has 0 aliphatic heterocycles. The molecule has 0 amide bonds. The van der Waals surface area contributed by atoms with E-state index < -0.39 is 15.3 Å². The lowest BCUT2D eigenvalue weighted by Crippen LogP contribution is -2.33. The monoisotopic (exact) mass is 256 g/mol. The van der Waals surface area contributed by atoms with Crippen LogP contribution in [0.1, 0.15) is 12.5 Å². The quantitative estimate of drug-likeness (QED) is 0.860. The normalized spacial score (nSPS) is 13.0. The smallest absolute Gasteiger partial charge is 0.214 e. The Morgan fingerprint density at radius 1 is 1.47 bits per heavy atom. The van der Waals surface area contributed by atoms with Gasteiger partial charge in [-0.1, -0.05) is 18.2 Å². The Kier molecular flexibility index (Phi) is 4.61. The van der Waals surface area contributed by atoms with Gasteiger partial charge in [-0.25, -0.2) is 17.5 Å². The first kappa shape index (κ1) is 13.6. The van der Waals surface area contributed by atoms with E-state index in [9.17, 15) is 12.8 Å². The van der Waals surface area contributed by atoms with E-state index in [4.69, 9.17) is 5.26 Å². The molecule has 0 fully saturated rings. The summed E-state index contributed by atoms with van der Waals surface area (Å²) in [5.74, 6) is -0.361. The minimum atomic E-state index is -3.63. The fourth-order valence-corrected chi connectivity index (χ4v) is 2.00. The Balaban J connectivity index is 2.55. The van der Waals surface area contributed by atoms with Crippen LogP contribution in [0.4, 0.5) is 4.39 Å². The maximum Gasteiger partial charge on any atom is 0.227 e. The van der Waals surface area contributed by atoms with Crippen molar-refractivity contribution in [3.63, 3.8) is 0 Å². The number of rotatable bonds is 5. The third-order valence-corrected chi connectivity index (χ3v) is 3.95. The number of nitrogens with zero attached hydrogens (tertiary/aromatic N) is 1. The second-order valence-corrected chi connectivity index (χ2v) is 5.64. The average molecular weight is 256 g/mol. The fraction of sp³-hybridized carbons (Fsp3) is 0.364. The molecule has 0 aromatic heterocycles. The summed E-state index contributed by atoms with van der Waals surface area (Å²) in [6.45, 7) is 1.38. The van der Waals surface area contributed by atoms with Gasteiger partial charge in [-0.05, 0) is 25.0 Å². The van der Waals surface area contributed by atoms with Crippen LogP contribution in [0, 0.1) is 17.1 Å². The van der Waals surface area contributed by atoms with Gasteiger partial charge >= 0.3 is 0 Å². The van der Waals surface area contributed by atoms with Gasteiger partial charge in [0, 0.05) is 6.54 Å². The second-order valence-electron chi connectivity index (χ2n) is 3.55. The number of benzene rings is 1. The molecule has 1 atom stereocenters. The van der Waals surface area contributed by atoms with Crippen LogP contribution in [-0.2, 0) is 16.4 Å². The average Bonchev–Trinajstić information content (AvgIpc) is 2.30. The zero-order valence-electron chi connectivity index (χ0n) is 9.35. The second kappa shape index (κ2) is 5.75. The molecule has 1 rings (SSSR count). The Labute approximate surface area is 100 Å². The van der Waals surface area contributed by atoms with E-state index >= 15 is 0 Å². The molecule has 0 spiro atoms. The van der Waals surface area contributed by atoms with Crippen molar-refractivity contribution in [1.82, 2.24) is 4.72 Å². The summed E-state index contributed by atoms with van der Waals surface area (Å²) in [6.07, 6.45) is 0.254. The molecule has 4 nitrogen and oxygen atoms in total. The maximum absolute atomic E-state index is 13.2. The summed E-state index contributed by atoms with van der Waals surface area (Å²) >= 11 is 0. The Hall–Kier alpha value is -1.45. The number of nitriles is 1. The molecule has 0 radical (unpaired) electrons. The van der Waals surface area contributed by atoms with Gasteiger partial charge in [-0.15, -0.1) is 0 Å². The highest BCUT2D eigenvalue weighted by molar-refractivity contribution is 7.90. The van der Waals surface area contributed by atoms with Crippen LogP contribution in [0.2, 0.25) is 0 Å². The van der Waals surface area contributed by atoms with E-state index in [-0.39, 0.29) is 18.8 Å². The predicted octanol–water partition coefficient (Wildman–Crippen LogP) is 1.20. The number of hydrogen-bond donors (Lipinski definition) is 1. The van der Waals surface area contributed by atoms with Crippen molar-refractivity contribution in [2.24, 2.45) is 0 Å². The predicted molar refractivity (Wildman–Crippen MR) is 62.1 cm³/mol. The number of hydrogen-bond acceptors (Lipinski definition) is 3. The lowest BCUT2D eigenvalue weighted by atomic mass is 10.1. The lowest BCUT2D eigenvalue weighted by molar-refractivity contribution is 0.573. The maximum atomic E-state index is 13.2. The van der Waals surface area contributed by atoms with Crippen LogP contribution in [0.3, 0.4) is 0 Å². The zero-order chi connectivity index (χ0) is 12.9. The van der Waals surface area contributed by atoms with E-state index in [1.807, 2.05) is 0 Å². The first-order chi connectivity index (χ1) is 7.97. The van der Waals surface area contributed by atoms with Crippen LogP contribution in [-0.4, -0.2) is 20.2 Å². The van der Waals surface area contributed by atoms with E-state index in [0.717, 1.165) is 0 Å². The Morgan fingerprint density at radius 3 is 2.71 bits per heavy atom. The van der Waals surface area contributed by atoms with Crippen molar-refractivity contribution < 1.29 is 12.8 Å². The van der Waals surface area contributed by atoms with Crippen LogP contribution in [0.5, 0.6) is 0 Å². The van der Waals surface area contributed by atoms with Crippen LogP contribution >= 0.6 is 0 Å². The van der Waals surface area contributed by atoms with Gasteiger partial charge in [0.1, 0.15) is 5.82 Å². The molecule has 0 aliphatic carbocycles. The van der Waals surface area contributed by atoms with Gasteiger partial charge in [0.25, 0.3) is 0 Å². The van der Waals surface area contributed by atoms with Crippen LogP contribution < -0.4 is 4.72 Å². The van der Waals surface area contributed by atoms with E-state index in [1.165, 1.54) is 13.0 Å². The summed E-state index contributed by atoms with van der Waals surface area (Å²) in [4.78, 5) is 0. The van der Waals surface area contributed by atoms with Crippen LogP contribution in [0.25, 0.3) is 0 Å². The molecule has 1 aromatic rings. The lowest BCUT2D eigenvalue weighted by Gasteiger charge is -2.08. The summed E-state index contributed by atoms with van der Waals surface area (Å²) in [5.41, 5.74) is 0.444. The molecular formula is C11H13FN2O2S. The summed E-state index contributed by atoms with van der Waals surface area (Å²) in [5, 5.41) is 7.39. The van der Waals surface area contributed by atoms with Gasteiger partial charge in [0.2, 0.25) is 10.0 Å². The SMILES string of the molecule is CC(C#N)S(=O)(=O)NCCc1ccccc1F. The van der Waals surface area contributed by atoms with Crippen molar-refractivity contribution in [2.45, 2.75) is 18.6 Å². The molecule has 1 unspecified atom stereocenters. The number of nitrogens with one attached hydrogen (secondary N) is 1. The molecule has 1 N–H and O–H groups in total. The van der Waals surface area contributed by atoms with Crippen molar-refractivity contribution >= 4 is 10.0 Å². The molecule has 0 bridgehead atoms. The standard InChI is InChI=1S/C11H13FN2O2S/c1-9(8-13)17(15,16)14-7-6-10-4-2-3-5-11(10)12/h2-5,9,14H,6-7H2,1H3. The van der Waals surface area contributed by atoms with E-state index in [0.29, 0.717) is 5.56 Å². The highest BCUT2D eigenvalue weighted by Gasteiger charge is 2.19. The third kappa shape index (κ3) is 3.80. The Morgan fingerprint density at radius 2 is 2.12 bits per heavy atom. The molecule has 17 heavy (non-hydrogen) atoms. The van der Waals surface area contributed by atoms with Crippen molar-refractivity contribution in [2.75, 3.05) is 6.54 Å². The first-order valence-electron chi connectivity index (χ1n) is 5.09. The largest absolute Gasteiger partial charge is 0.227 e. The molecule has 6 heteroatoms. The third-order valence-electron chi connectivity index (χ3n) is 2.30. The Bertz CT molecular complexity index is 523. The van der Waals surface area contributed by atoms with Crippen molar-refractivity contribution in [3.05, 3.63) is 35.6 Å². The molecule has 0 heterocycles. The highest BCUT2D eigenvalue weighted by Crippen LogP contribution is 2.06. The van der Waals surface area contributed by atoms with Gasteiger partial charge in [0.15, 0.2) is 5.25 Å². The number of sulfonamides is 1. The van der Waals surface area contributed by atoms with E-state index in [2.05, 4.69) is 4.72 Å². The number of halogens is 1. The van der Waals surface area contributed by atoms with Gasteiger partial charge in [-0.2, -0.15) is 5.26 Å². The van der Waals surface area contributed by atoms with Crippen molar-refractivity contribution in [1.29, 1.82) is 5.26 Å². The minimum Gasteiger partial charge on any atom is -0.214 e. The summed E-state index contributed by atoms with van der Waals surface area (Å²) in [7, 11) is -3.63. The fourth-order valence-electron chi connectivity index (χ4n) is 1.22. The summed E-state index contributed by atoms with van der Waals surface area (Å²) in [6, 6.07) is 7.81. The van der Waals surface area contributed by atoms with Gasteiger partial charge in [-0.3, -0.25) is 0 Å². The topological polar surface area (TPSA) is 70.0 Å².